The quantitative estimate of drug-likeness (QED) is 0.533. The Balaban J connectivity index is 1.35. The zero-order valence-electron chi connectivity index (χ0n) is 18.4. The van der Waals surface area contributed by atoms with E-state index in [9.17, 15) is 22.4 Å². The molecule has 0 spiro atoms. The predicted molar refractivity (Wildman–Crippen MR) is 121 cm³/mol. The lowest BCUT2D eigenvalue weighted by Gasteiger charge is -2.15. The van der Waals surface area contributed by atoms with Crippen molar-refractivity contribution in [3.05, 3.63) is 65.0 Å². The maximum absolute atomic E-state index is 14.0. The van der Waals surface area contributed by atoms with E-state index in [-0.39, 0.29) is 42.2 Å². The van der Waals surface area contributed by atoms with Gasteiger partial charge in [-0.2, -0.15) is 0 Å². The number of sulfone groups is 1. The van der Waals surface area contributed by atoms with E-state index >= 15 is 0 Å². The summed E-state index contributed by atoms with van der Waals surface area (Å²) in [5.74, 6) is -0.612. The van der Waals surface area contributed by atoms with Crippen LogP contribution < -0.4 is 10.1 Å². The zero-order valence-corrected chi connectivity index (χ0v) is 19.2. The number of hydrogen-bond acceptors (Lipinski definition) is 5. The second kappa shape index (κ2) is 9.51. The second-order valence-corrected chi connectivity index (χ2v) is 11.0. The minimum atomic E-state index is -3.43. The summed E-state index contributed by atoms with van der Waals surface area (Å²) >= 11 is 0. The van der Waals surface area contributed by atoms with Crippen molar-refractivity contribution in [2.45, 2.75) is 38.0 Å². The molecule has 1 N–H and O–H groups in total. The van der Waals surface area contributed by atoms with Gasteiger partial charge in [0.2, 0.25) is 5.91 Å². The number of benzene rings is 2. The normalized spacial score (nSPS) is 17.2. The van der Waals surface area contributed by atoms with Crippen LogP contribution in [0.4, 0.5) is 9.18 Å². The van der Waals surface area contributed by atoms with Crippen molar-refractivity contribution in [2.75, 3.05) is 18.9 Å². The first-order chi connectivity index (χ1) is 15.7. The maximum atomic E-state index is 14.0. The number of nitrogens with zero attached hydrogens (tertiary/aromatic N) is 1. The summed E-state index contributed by atoms with van der Waals surface area (Å²) in [5, 5.41) is 2.22. The Kier molecular flexibility index (Phi) is 6.69. The van der Waals surface area contributed by atoms with Crippen molar-refractivity contribution in [3.8, 4) is 5.75 Å². The number of ether oxygens (including phenoxy) is 1. The fraction of sp³-hybridized carbons (Fsp3) is 0.417. The molecule has 0 radical (unpaired) electrons. The molecule has 7 nitrogen and oxygen atoms in total. The molecule has 4 rings (SSSR count). The van der Waals surface area contributed by atoms with E-state index in [1.54, 1.807) is 43.3 Å². The number of urea groups is 1. The third kappa shape index (κ3) is 6.31. The molecule has 1 atom stereocenters. The lowest BCUT2D eigenvalue weighted by atomic mass is 10.0. The van der Waals surface area contributed by atoms with Crippen LogP contribution in [0.25, 0.3) is 0 Å². The SMILES string of the molecule is C[C@@H](CS(=O)(=O)Cc1ccc(CN2CC(=O)NC2=O)cc1)c1ccc(F)c(OCC2CC2)c1. The third-order valence-corrected chi connectivity index (χ3v) is 7.63. The van der Waals surface area contributed by atoms with Gasteiger partial charge < -0.3 is 9.64 Å². The average molecular weight is 475 g/mol. The monoisotopic (exact) mass is 474 g/mol. The summed E-state index contributed by atoms with van der Waals surface area (Å²) in [4.78, 5) is 24.3. The number of rotatable bonds is 10. The van der Waals surface area contributed by atoms with Gasteiger partial charge in [0.05, 0.1) is 18.1 Å². The lowest BCUT2D eigenvalue weighted by Crippen LogP contribution is -2.27. The number of carbonyl (C=O) groups excluding carboxylic acids is 2. The third-order valence-electron chi connectivity index (χ3n) is 5.85. The van der Waals surface area contributed by atoms with Crippen LogP contribution >= 0.6 is 0 Å². The van der Waals surface area contributed by atoms with Gasteiger partial charge in [-0.05, 0) is 53.5 Å². The van der Waals surface area contributed by atoms with Gasteiger partial charge in [-0.15, -0.1) is 0 Å². The molecule has 3 amide bonds. The standard InChI is InChI=1S/C24H27FN2O5S/c1-16(20-8-9-21(25)22(10-20)32-13-18-4-5-18)14-33(30,31)15-19-6-2-17(3-7-19)11-27-12-23(28)26-24(27)29/h2-3,6-10,16,18H,4-5,11-15H2,1H3,(H,26,28,29)/t16-/m0/s1. The number of hydrogen-bond donors (Lipinski definition) is 1. The highest BCUT2D eigenvalue weighted by Crippen LogP contribution is 2.31. The van der Waals surface area contributed by atoms with Gasteiger partial charge >= 0.3 is 6.03 Å². The number of carbonyl (C=O) groups is 2. The summed E-state index contributed by atoms with van der Waals surface area (Å²) in [7, 11) is -3.43. The number of amides is 3. The van der Waals surface area contributed by atoms with Crippen molar-refractivity contribution in [3.63, 3.8) is 0 Å². The van der Waals surface area contributed by atoms with Crippen LogP contribution in [-0.2, 0) is 26.9 Å². The number of halogens is 1. The first kappa shape index (κ1) is 23.2. The molecule has 1 aliphatic carbocycles. The molecule has 176 valence electrons. The van der Waals surface area contributed by atoms with E-state index in [0.29, 0.717) is 18.1 Å². The molecule has 1 heterocycles. The minimum absolute atomic E-state index is 0.0174. The molecule has 2 aromatic carbocycles. The van der Waals surface area contributed by atoms with Crippen molar-refractivity contribution in [1.82, 2.24) is 10.2 Å². The van der Waals surface area contributed by atoms with Crippen LogP contribution in [0.3, 0.4) is 0 Å². The topological polar surface area (TPSA) is 92.8 Å². The lowest BCUT2D eigenvalue weighted by molar-refractivity contribution is -0.118. The Hall–Kier alpha value is -2.94. The van der Waals surface area contributed by atoms with Gasteiger partial charge in [0, 0.05) is 6.54 Å². The van der Waals surface area contributed by atoms with E-state index < -0.39 is 21.7 Å². The Morgan fingerprint density at radius 1 is 1.12 bits per heavy atom. The zero-order chi connectivity index (χ0) is 23.6. The van der Waals surface area contributed by atoms with Crippen molar-refractivity contribution in [2.24, 2.45) is 5.92 Å². The second-order valence-electron chi connectivity index (χ2n) is 8.93. The molecule has 1 saturated carbocycles. The Morgan fingerprint density at radius 2 is 1.82 bits per heavy atom. The minimum Gasteiger partial charge on any atom is -0.490 e. The summed E-state index contributed by atoms with van der Waals surface area (Å²) in [6.45, 7) is 2.59. The average Bonchev–Trinajstić information content (AvgIpc) is 3.52. The molecule has 0 aromatic heterocycles. The van der Waals surface area contributed by atoms with Crippen LogP contribution in [0, 0.1) is 11.7 Å². The van der Waals surface area contributed by atoms with E-state index in [0.717, 1.165) is 24.0 Å². The summed E-state index contributed by atoms with van der Waals surface area (Å²) in [5.41, 5.74) is 2.17. The molecule has 1 saturated heterocycles. The molecular weight excluding hydrogens is 447 g/mol. The summed E-state index contributed by atoms with van der Waals surface area (Å²) < 4.78 is 45.2. The molecule has 33 heavy (non-hydrogen) atoms. The predicted octanol–water partition coefficient (Wildman–Crippen LogP) is 3.38. The van der Waals surface area contributed by atoms with Gasteiger partial charge in [0.15, 0.2) is 21.4 Å². The molecule has 0 unspecified atom stereocenters. The van der Waals surface area contributed by atoms with Crippen molar-refractivity contribution < 1.29 is 27.1 Å². The highest BCUT2D eigenvalue weighted by atomic mass is 32.2. The van der Waals surface area contributed by atoms with E-state index in [1.807, 2.05) is 0 Å². The largest absolute Gasteiger partial charge is 0.490 e. The maximum Gasteiger partial charge on any atom is 0.324 e. The van der Waals surface area contributed by atoms with Crippen LogP contribution in [0.15, 0.2) is 42.5 Å². The molecule has 2 fully saturated rings. The molecule has 2 aromatic rings. The van der Waals surface area contributed by atoms with Gasteiger partial charge in [0.1, 0.15) is 6.54 Å². The molecule has 1 aliphatic heterocycles. The van der Waals surface area contributed by atoms with Gasteiger partial charge in [-0.1, -0.05) is 37.3 Å². The fourth-order valence-corrected chi connectivity index (χ4v) is 5.56. The van der Waals surface area contributed by atoms with Gasteiger partial charge in [-0.3, -0.25) is 10.1 Å². The van der Waals surface area contributed by atoms with E-state index in [4.69, 9.17) is 4.74 Å². The molecule has 0 bridgehead atoms. The van der Waals surface area contributed by atoms with Crippen molar-refractivity contribution >= 4 is 21.8 Å². The molecule has 9 heteroatoms. The summed E-state index contributed by atoms with van der Waals surface area (Å²) in [6, 6.07) is 11.1. The molecule has 2 aliphatic rings. The number of nitrogens with one attached hydrogen (secondary N) is 1. The van der Waals surface area contributed by atoms with E-state index in [2.05, 4.69) is 5.32 Å². The first-order valence-electron chi connectivity index (χ1n) is 11.0. The summed E-state index contributed by atoms with van der Waals surface area (Å²) in [6.07, 6.45) is 2.20. The Bertz CT molecular complexity index is 1150. The van der Waals surface area contributed by atoms with Crippen LogP contribution in [0.1, 0.15) is 42.4 Å². The first-order valence-corrected chi connectivity index (χ1v) is 12.8. The van der Waals surface area contributed by atoms with Crippen molar-refractivity contribution in [1.29, 1.82) is 0 Å². The smallest absolute Gasteiger partial charge is 0.324 e. The van der Waals surface area contributed by atoms with E-state index in [1.165, 1.54) is 11.0 Å². The van der Waals surface area contributed by atoms with Gasteiger partial charge in [0.25, 0.3) is 0 Å². The van der Waals surface area contributed by atoms with Gasteiger partial charge in [-0.25, -0.2) is 17.6 Å². The number of imide groups is 1. The Labute approximate surface area is 192 Å². The molecular formula is C24H27FN2O5S. The van der Waals surface area contributed by atoms with Crippen LogP contribution in [-0.4, -0.2) is 44.2 Å². The highest BCUT2D eigenvalue weighted by molar-refractivity contribution is 7.90. The van der Waals surface area contributed by atoms with Crippen LogP contribution in [0.5, 0.6) is 5.75 Å². The fourth-order valence-electron chi connectivity index (χ4n) is 3.79. The van der Waals surface area contributed by atoms with Crippen LogP contribution in [0.2, 0.25) is 0 Å². The highest BCUT2D eigenvalue weighted by Gasteiger charge is 2.26. The Morgan fingerprint density at radius 3 is 2.45 bits per heavy atom.